The Balaban J connectivity index is 2.26. The fourth-order valence-electron chi connectivity index (χ4n) is 1.67. The van der Waals surface area contributed by atoms with Crippen molar-refractivity contribution in [1.82, 2.24) is 0 Å². The molecule has 17 heavy (non-hydrogen) atoms. The maximum absolute atomic E-state index is 11.3. The van der Waals surface area contributed by atoms with Gasteiger partial charge >= 0.3 is 11.9 Å². The van der Waals surface area contributed by atoms with Crippen LogP contribution >= 0.6 is 0 Å². The zero-order valence-corrected chi connectivity index (χ0v) is 10.5. The maximum Gasteiger partial charge on any atom is 0.306 e. The molecule has 0 aliphatic heterocycles. The van der Waals surface area contributed by atoms with Crippen molar-refractivity contribution >= 4 is 11.9 Å². The highest BCUT2D eigenvalue weighted by atomic mass is 16.6. The third-order valence-electron chi connectivity index (χ3n) is 2.48. The van der Waals surface area contributed by atoms with E-state index in [-0.39, 0.29) is 24.1 Å². The molecule has 0 spiro atoms. The Morgan fingerprint density at radius 3 is 1.76 bits per heavy atom. The monoisotopic (exact) mass is 240 g/mol. The van der Waals surface area contributed by atoms with Gasteiger partial charge in [-0.1, -0.05) is 13.8 Å². The van der Waals surface area contributed by atoms with Gasteiger partial charge in [-0.05, 0) is 25.0 Å². The second-order valence-electron chi connectivity index (χ2n) is 4.18. The van der Waals surface area contributed by atoms with Gasteiger partial charge in [-0.15, -0.1) is 0 Å². The summed E-state index contributed by atoms with van der Waals surface area (Å²) in [7, 11) is 0. The quantitative estimate of drug-likeness (QED) is 0.528. The van der Waals surface area contributed by atoms with Crippen molar-refractivity contribution in [1.29, 1.82) is 0 Å². The van der Waals surface area contributed by atoms with E-state index in [4.69, 9.17) is 9.47 Å². The summed E-state index contributed by atoms with van der Waals surface area (Å²) >= 11 is 0. The molecule has 0 heterocycles. The highest BCUT2D eigenvalue weighted by molar-refractivity contribution is 5.70. The van der Waals surface area contributed by atoms with Crippen molar-refractivity contribution in [3.8, 4) is 0 Å². The third-order valence-corrected chi connectivity index (χ3v) is 2.48. The summed E-state index contributed by atoms with van der Waals surface area (Å²) in [5, 5.41) is 0. The first-order chi connectivity index (χ1) is 8.15. The highest BCUT2D eigenvalue weighted by Gasteiger charge is 2.24. The van der Waals surface area contributed by atoms with Gasteiger partial charge in [0.05, 0.1) is 0 Å². The average Bonchev–Trinajstić information content (AvgIpc) is 2.66. The zero-order chi connectivity index (χ0) is 12.7. The van der Waals surface area contributed by atoms with Crippen LogP contribution in [0.3, 0.4) is 0 Å². The van der Waals surface area contributed by atoms with Crippen LogP contribution in [-0.2, 0) is 19.1 Å². The molecule has 0 aromatic heterocycles. The minimum atomic E-state index is -0.242. The molecular weight excluding hydrogens is 220 g/mol. The van der Waals surface area contributed by atoms with Crippen LogP contribution in [0.2, 0.25) is 0 Å². The number of hydrogen-bond donors (Lipinski definition) is 0. The van der Waals surface area contributed by atoms with Crippen LogP contribution in [0.15, 0.2) is 12.2 Å². The Morgan fingerprint density at radius 1 is 1.00 bits per heavy atom. The summed E-state index contributed by atoms with van der Waals surface area (Å²) in [6.07, 6.45) is 6.07. The van der Waals surface area contributed by atoms with Gasteiger partial charge < -0.3 is 9.47 Å². The summed E-state index contributed by atoms with van der Waals surface area (Å²) < 4.78 is 10.4. The first-order valence-electron chi connectivity index (χ1n) is 6.23. The number of carbonyl (C=O) groups excluding carboxylic acids is 2. The minimum absolute atomic E-state index is 0.192. The van der Waals surface area contributed by atoms with Gasteiger partial charge in [-0.25, -0.2) is 0 Å². The molecule has 0 aromatic carbocycles. The molecule has 0 aromatic rings. The first-order valence-corrected chi connectivity index (χ1v) is 6.23. The number of rotatable bonds is 6. The van der Waals surface area contributed by atoms with Crippen LogP contribution in [0.5, 0.6) is 0 Å². The number of hydrogen-bond acceptors (Lipinski definition) is 4. The average molecular weight is 240 g/mol. The van der Waals surface area contributed by atoms with Crippen molar-refractivity contribution in [3.05, 3.63) is 12.2 Å². The van der Waals surface area contributed by atoms with E-state index in [1.54, 1.807) is 12.2 Å². The topological polar surface area (TPSA) is 52.6 Å². The minimum Gasteiger partial charge on any atom is -0.458 e. The van der Waals surface area contributed by atoms with Crippen LogP contribution in [0.1, 0.15) is 46.0 Å². The molecule has 0 fully saturated rings. The van der Waals surface area contributed by atoms with Gasteiger partial charge in [0.2, 0.25) is 0 Å². The third kappa shape index (κ3) is 5.02. The van der Waals surface area contributed by atoms with Gasteiger partial charge in [0.1, 0.15) is 12.2 Å². The summed E-state index contributed by atoms with van der Waals surface area (Å²) in [4.78, 5) is 22.5. The zero-order valence-electron chi connectivity index (χ0n) is 10.5. The van der Waals surface area contributed by atoms with Crippen molar-refractivity contribution in [2.75, 3.05) is 0 Å². The van der Waals surface area contributed by atoms with E-state index in [1.807, 2.05) is 13.8 Å². The van der Waals surface area contributed by atoms with Gasteiger partial charge in [-0.2, -0.15) is 0 Å². The lowest BCUT2D eigenvalue weighted by Crippen LogP contribution is -2.19. The molecule has 2 atom stereocenters. The molecule has 1 aliphatic carbocycles. The summed E-state index contributed by atoms with van der Waals surface area (Å²) in [6.45, 7) is 3.86. The molecule has 96 valence electrons. The van der Waals surface area contributed by atoms with Crippen LogP contribution in [0.4, 0.5) is 0 Å². The van der Waals surface area contributed by atoms with E-state index in [2.05, 4.69) is 0 Å². The molecular formula is C13H20O4. The number of carbonyl (C=O) groups is 2. The lowest BCUT2D eigenvalue weighted by molar-refractivity contribution is -0.150. The Labute approximate surface area is 102 Å². The fraction of sp³-hybridized carbons (Fsp3) is 0.692. The van der Waals surface area contributed by atoms with Crippen LogP contribution in [-0.4, -0.2) is 24.1 Å². The fourth-order valence-corrected chi connectivity index (χ4v) is 1.67. The molecule has 0 bridgehead atoms. The second kappa shape index (κ2) is 7.09. The molecule has 0 radical (unpaired) electrons. The SMILES string of the molecule is CCCC(=O)O[C@@H]1C=C[C@H](OC(=O)CCC)C1. The molecule has 0 unspecified atom stereocenters. The molecule has 0 amide bonds. The van der Waals surface area contributed by atoms with Gasteiger partial charge in [-0.3, -0.25) is 9.59 Å². The lowest BCUT2D eigenvalue weighted by Gasteiger charge is -2.13. The molecule has 0 saturated heterocycles. The standard InChI is InChI=1S/C13H20O4/c1-3-5-12(14)16-10-7-8-11(9-10)17-13(15)6-4-2/h7-8,10-11H,3-6,9H2,1-2H3/t10-,11+. The van der Waals surface area contributed by atoms with Crippen LogP contribution in [0.25, 0.3) is 0 Å². The van der Waals surface area contributed by atoms with Crippen molar-refractivity contribution in [2.45, 2.75) is 58.2 Å². The van der Waals surface area contributed by atoms with Crippen molar-refractivity contribution in [2.24, 2.45) is 0 Å². The second-order valence-corrected chi connectivity index (χ2v) is 4.18. The Kier molecular flexibility index (Phi) is 5.73. The normalized spacial score (nSPS) is 22.5. The molecule has 1 rings (SSSR count). The van der Waals surface area contributed by atoms with Gasteiger partial charge in [0, 0.05) is 19.3 Å². The Bertz CT molecular complexity index is 268. The molecule has 4 nitrogen and oxygen atoms in total. The Morgan fingerprint density at radius 2 is 1.41 bits per heavy atom. The summed E-state index contributed by atoms with van der Waals surface area (Å²) in [5.41, 5.74) is 0. The number of ether oxygens (including phenoxy) is 2. The summed E-state index contributed by atoms with van der Waals surface area (Å²) in [5.74, 6) is -0.384. The largest absolute Gasteiger partial charge is 0.458 e. The van der Waals surface area contributed by atoms with E-state index < -0.39 is 0 Å². The molecule has 4 heteroatoms. The predicted octanol–water partition coefficient (Wildman–Crippen LogP) is 2.37. The van der Waals surface area contributed by atoms with E-state index in [1.165, 1.54) is 0 Å². The molecule has 0 saturated carbocycles. The molecule has 1 aliphatic rings. The van der Waals surface area contributed by atoms with Crippen LogP contribution in [0, 0.1) is 0 Å². The lowest BCUT2D eigenvalue weighted by atomic mass is 10.2. The van der Waals surface area contributed by atoms with Crippen molar-refractivity contribution in [3.63, 3.8) is 0 Å². The highest BCUT2D eigenvalue weighted by Crippen LogP contribution is 2.18. The Hall–Kier alpha value is -1.32. The maximum atomic E-state index is 11.3. The van der Waals surface area contributed by atoms with E-state index in [0.717, 1.165) is 12.8 Å². The van der Waals surface area contributed by atoms with Crippen LogP contribution < -0.4 is 0 Å². The smallest absolute Gasteiger partial charge is 0.306 e. The van der Waals surface area contributed by atoms with Gasteiger partial charge in [0.15, 0.2) is 0 Å². The molecule has 0 N–H and O–H groups in total. The van der Waals surface area contributed by atoms with Crippen molar-refractivity contribution < 1.29 is 19.1 Å². The first kappa shape index (κ1) is 13.7. The van der Waals surface area contributed by atoms with E-state index >= 15 is 0 Å². The van der Waals surface area contributed by atoms with E-state index in [0.29, 0.717) is 19.3 Å². The number of esters is 2. The summed E-state index contributed by atoms with van der Waals surface area (Å²) in [6, 6.07) is 0. The van der Waals surface area contributed by atoms with E-state index in [9.17, 15) is 9.59 Å². The predicted molar refractivity (Wildman–Crippen MR) is 63.3 cm³/mol. The van der Waals surface area contributed by atoms with Gasteiger partial charge in [0.25, 0.3) is 0 Å².